The van der Waals surface area contributed by atoms with Gasteiger partial charge in [0.15, 0.2) is 0 Å². The number of hydrogen-bond donors (Lipinski definition) is 1. The zero-order chi connectivity index (χ0) is 19.2. The summed E-state index contributed by atoms with van der Waals surface area (Å²) < 4.78 is 0. The van der Waals surface area contributed by atoms with E-state index in [2.05, 4.69) is 76.0 Å². The Hall–Kier alpha value is -3.44. The van der Waals surface area contributed by atoms with E-state index in [4.69, 9.17) is 0 Å². The van der Waals surface area contributed by atoms with Crippen LogP contribution < -0.4 is 10.3 Å². The van der Waals surface area contributed by atoms with Gasteiger partial charge in [-0.1, -0.05) is 60.7 Å². The van der Waals surface area contributed by atoms with Gasteiger partial charge in [0.25, 0.3) is 0 Å². The Bertz CT molecular complexity index is 1040. The second-order valence-electron chi connectivity index (χ2n) is 6.26. The third-order valence-corrected chi connectivity index (χ3v) is 5.12. The predicted molar refractivity (Wildman–Crippen MR) is 120 cm³/mol. The molecule has 0 spiro atoms. The van der Waals surface area contributed by atoms with Crippen molar-refractivity contribution in [2.24, 2.45) is 5.10 Å². The molecule has 0 amide bonds. The van der Waals surface area contributed by atoms with Crippen molar-refractivity contribution in [3.05, 3.63) is 95.9 Å². The first-order valence-corrected chi connectivity index (χ1v) is 9.86. The highest BCUT2D eigenvalue weighted by Crippen LogP contribution is 2.25. The van der Waals surface area contributed by atoms with E-state index >= 15 is 0 Å². The number of benzene rings is 3. The second kappa shape index (κ2) is 8.50. The van der Waals surface area contributed by atoms with Gasteiger partial charge in [-0.25, -0.2) is 4.98 Å². The maximum absolute atomic E-state index is 4.57. The van der Waals surface area contributed by atoms with Crippen molar-refractivity contribution in [3.8, 4) is 11.3 Å². The van der Waals surface area contributed by atoms with Gasteiger partial charge in [0.05, 0.1) is 11.9 Å². The Morgan fingerprint density at radius 2 is 1.50 bits per heavy atom. The quantitative estimate of drug-likeness (QED) is 0.326. The number of hydrazone groups is 1. The minimum Gasteiger partial charge on any atom is -0.345 e. The molecule has 0 fully saturated rings. The number of nitrogens with zero attached hydrogens (tertiary/aromatic N) is 3. The maximum atomic E-state index is 4.57. The lowest BCUT2D eigenvalue weighted by Crippen LogP contribution is -2.08. The van der Waals surface area contributed by atoms with Crippen molar-refractivity contribution in [2.45, 2.75) is 0 Å². The molecule has 138 valence electrons. The molecule has 0 aliphatic rings. The Morgan fingerprint density at radius 1 is 0.857 bits per heavy atom. The summed E-state index contributed by atoms with van der Waals surface area (Å²) in [6.07, 6.45) is 1.80. The largest absolute Gasteiger partial charge is 0.345 e. The van der Waals surface area contributed by atoms with Crippen LogP contribution in [0.1, 0.15) is 5.56 Å². The molecule has 1 N–H and O–H groups in total. The van der Waals surface area contributed by atoms with Gasteiger partial charge < -0.3 is 4.90 Å². The third-order valence-electron chi connectivity index (χ3n) is 4.37. The first kappa shape index (κ1) is 17.9. The third kappa shape index (κ3) is 4.27. The van der Waals surface area contributed by atoms with Gasteiger partial charge in [0.2, 0.25) is 5.13 Å². The van der Waals surface area contributed by atoms with E-state index < -0.39 is 0 Å². The van der Waals surface area contributed by atoms with Crippen LogP contribution in [-0.2, 0) is 0 Å². The monoisotopic (exact) mass is 384 g/mol. The molecule has 0 aliphatic heterocycles. The molecule has 1 aromatic heterocycles. The summed E-state index contributed by atoms with van der Waals surface area (Å²) in [6.45, 7) is 0. The van der Waals surface area contributed by atoms with Crippen LogP contribution in [0.3, 0.4) is 0 Å². The lowest BCUT2D eigenvalue weighted by atomic mass is 10.2. The van der Waals surface area contributed by atoms with Gasteiger partial charge in [0.1, 0.15) is 0 Å². The molecule has 0 unspecified atom stereocenters. The fourth-order valence-electron chi connectivity index (χ4n) is 2.81. The highest BCUT2D eigenvalue weighted by atomic mass is 32.1. The molecule has 0 radical (unpaired) electrons. The highest BCUT2D eigenvalue weighted by molar-refractivity contribution is 7.14. The van der Waals surface area contributed by atoms with Crippen molar-refractivity contribution in [1.82, 2.24) is 4.98 Å². The fourth-order valence-corrected chi connectivity index (χ4v) is 3.48. The van der Waals surface area contributed by atoms with E-state index in [0.717, 1.165) is 33.3 Å². The fraction of sp³-hybridized carbons (Fsp3) is 0.0435. The first-order chi connectivity index (χ1) is 13.8. The van der Waals surface area contributed by atoms with Gasteiger partial charge in [-0.2, -0.15) is 5.10 Å². The first-order valence-electron chi connectivity index (χ1n) is 8.98. The average molecular weight is 385 g/mol. The number of nitrogens with one attached hydrogen (secondary N) is 1. The van der Waals surface area contributed by atoms with E-state index in [0.29, 0.717) is 0 Å². The summed E-state index contributed by atoms with van der Waals surface area (Å²) in [6, 6.07) is 28.7. The van der Waals surface area contributed by atoms with E-state index in [-0.39, 0.29) is 0 Å². The molecule has 28 heavy (non-hydrogen) atoms. The summed E-state index contributed by atoms with van der Waals surface area (Å²) in [5.41, 5.74) is 8.38. The summed E-state index contributed by atoms with van der Waals surface area (Å²) in [4.78, 5) is 6.72. The zero-order valence-electron chi connectivity index (χ0n) is 15.5. The normalized spacial score (nSPS) is 10.9. The minimum absolute atomic E-state index is 0.774. The number of anilines is 3. The molecule has 0 saturated carbocycles. The topological polar surface area (TPSA) is 40.5 Å². The van der Waals surface area contributed by atoms with Crippen LogP contribution in [0.4, 0.5) is 16.5 Å². The lowest BCUT2D eigenvalue weighted by molar-refractivity contribution is 1.21. The number of rotatable bonds is 6. The van der Waals surface area contributed by atoms with Crippen LogP contribution in [0.5, 0.6) is 0 Å². The molecular weight excluding hydrogens is 364 g/mol. The predicted octanol–water partition coefficient (Wildman–Crippen LogP) is 6.02. The molecule has 1 heterocycles. The van der Waals surface area contributed by atoms with Crippen LogP contribution in [0, 0.1) is 0 Å². The Labute approximate surface area is 168 Å². The molecule has 5 heteroatoms. The summed E-state index contributed by atoms with van der Waals surface area (Å²) in [5.74, 6) is 0. The lowest BCUT2D eigenvalue weighted by Gasteiger charge is -2.19. The maximum Gasteiger partial charge on any atom is 0.203 e. The molecular formula is C23H20N4S. The highest BCUT2D eigenvalue weighted by Gasteiger charge is 2.04. The van der Waals surface area contributed by atoms with Crippen LogP contribution in [0.25, 0.3) is 11.3 Å². The Kier molecular flexibility index (Phi) is 5.45. The van der Waals surface area contributed by atoms with Crippen LogP contribution in [-0.4, -0.2) is 18.2 Å². The molecule has 0 atom stereocenters. The minimum atomic E-state index is 0.774. The number of para-hydroxylation sites is 1. The van der Waals surface area contributed by atoms with Gasteiger partial charge in [-0.15, -0.1) is 11.3 Å². The van der Waals surface area contributed by atoms with Crippen molar-refractivity contribution in [1.29, 1.82) is 0 Å². The average Bonchev–Trinajstić information content (AvgIpc) is 3.24. The molecule has 0 saturated heterocycles. The zero-order valence-corrected chi connectivity index (χ0v) is 16.3. The van der Waals surface area contributed by atoms with E-state index in [1.54, 1.807) is 17.6 Å². The van der Waals surface area contributed by atoms with Gasteiger partial charge in [-0.3, -0.25) is 5.43 Å². The van der Waals surface area contributed by atoms with E-state index in [9.17, 15) is 0 Å². The van der Waals surface area contributed by atoms with Crippen LogP contribution >= 0.6 is 11.3 Å². The van der Waals surface area contributed by atoms with E-state index in [1.807, 2.05) is 41.8 Å². The Balaban J connectivity index is 1.38. The van der Waals surface area contributed by atoms with Crippen molar-refractivity contribution < 1.29 is 0 Å². The van der Waals surface area contributed by atoms with Gasteiger partial charge in [0, 0.05) is 29.4 Å². The number of hydrogen-bond acceptors (Lipinski definition) is 5. The molecule has 0 aliphatic carbocycles. The smallest absolute Gasteiger partial charge is 0.203 e. The van der Waals surface area contributed by atoms with Crippen molar-refractivity contribution in [3.63, 3.8) is 0 Å². The van der Waals surface area contributed by atoms with Crippen LogP contribution in [0.2, 0.25) is 0 Å². The summed E-state index contributed by atoms with van der Waals surface area (Å²) in [7, 11) is 2.06. The Morgan fingerprint density at radius 3 is 2.21 bits per heavy atom. The number of thiazole rings is 1. The molecule has 3 aromatic carbocycles. The van der Waals surface area contributed by atoms with E-state index in [1.165, 1.54) is 0 Å². The standard InChI is InChI=1S/C23H20N4S/c1-27(20-10-6-3-7-11-20)21-14-12-18(13-15-21)16-24-26-23-25-22(17-28-23)19-8-4-2-5-9-19/h2-17H,1H3,(H,25,26). The second-order valence-corrected chi connectivity index (χ2v) is 7.12. The SMILES string of the molecule is CN(c1ccccc1)c1ccc(C=NNc2nc(-c3ccccc3)cs2)cc1. The van der Waals surface area contributed by atoms with Crippen LogP contribution in [0.15, 0.2) is 95.4 Å². The molecule has 4 aromatic rings. The molecule has 0 bridgehead atoms. The van der Waals surface area contributed by atoms with Gasteiger partial charge in [-0.05, 0) is 29.8 Å². The summed E-state index contributed by atoms with van der Waals surface area (Å²) in [5, 5.41) is 7.11. The van der Waals surface area contributed by atoms with Crippen molar-refractivity contribution in [2.75, 3.05) is 17.4 Å². The summed E-state index contributed by atoms with van der Waals surface area (Å²) >= 11 is 1.54. The van der Waals surface area contributed by atoms with Gasteiger partial charge >= 0.3 is 0 Å². The molecule has 4 rings (SSSR count). The number of aromatic nitrogens is 1. The molecule has 4 nitrogen and oxygen atoms in total. The van der Waals surface area contributed by atoms with Crippen molar-refractivity contribution >= 4 is 34.1 Å².